The van der Waals surface area contributed by atoms with Gasteiger partial charge in [0, 0.05) is 18.2 Å². The summed E-state index contributed by atoms with van der Waals surface area (Å²) in [5.41, 5.74) is 0.801. The van der Waals surface area contributed by atoms with E-state index in [-0.39, 0.29) is 24.1 Å². The number of nitrogens with zero attached hydrogens (tertiary/aromatic N) is 1. The first kappa shape index (κ1) is 35.0. The summed E-state index contributed by atoms with van der Waals surface area (Å²) in [5, 5.41) is 5.57. The van der Waals surface area contributed by atoms with Crippen LogP contribution in [0.4, 0.5) is 4.79 Å². The van der Waals surface area contributed by atoms with Crippen molar-refractivity contribution in [3.63, 3.8) is 0 Å². The lowest BCUT2D eigenvalue weighted by Crippen LogP contribution is -2.56. The molecule has 240 valence electrons. The Hall–Kier alpha value is -3.53. The van der Waals surface area contributed by atoms with Crippen LogP contribution in [0.2, 0.25) is 0 Å². The highest BCUT2D eigenvalue weighted by Crippen LogP contribution is 2.41. The third-order valence-corrected chi connectivity index (χ3v) is 7.39. The number of alkyl carbamates (subject to hydrolysis) is 1. The van der Waals surface area contributed by atoms with Crippen LogP contribution in [0.15, 0.2) is 54.6 Å². The molecule has 3 rings (SSSR count). The summed E-state index contributed by atoms with van der Waals surface area (Å²) in [6, 6.07) is 13.3. The van der Waals surface area contributed by atoms with Gasteiger partial charge in [-0.1, -0.05) is 67.1 Å². The topological polar surface area (TPSA) is 114 Å². The SMILES string of the molecule is Cc1cccc(C(C(=O)NC(Cc2ccccc2)C(=O)OC(C)(C)C)N(C(=O)C(CS)NC(=O)OC(C)(C)C)C2CC2C)c1. The van der Waals surface area contributed by atoms with Gasteiger partial charge in [-0.2, -0.15) is 12.6 Å². The van der Waals surface area contributed by atoms with Gasteiger partial charge in [-0.05, 0) is 71.9 Å². The summed E-state index contributed by atoms with van der Waals surface area (Å²) in [7, 11) is 0. The summed E-state index contributed by atoms with van der Waals surface area (Å²) in [4.78, 5) is 56.2. The number of rotatable bonds is 11. The quantitative estimate of drug-likeness (QED) is 0.235. The molecule has 0 bridgehead atoms. The number of hydrogen-bond acceptors (Lipinski definition) is 7. The minimum atomic E-state index is -1.08. The van der Waals surface area contributed by atoms with E-state index in [1.807, 2.05) is 62.4 Å². The van der Waals surface area contributed by atoms with E-state index < -0.39 is 53.2 Å². The summed E-state index contributed by atoms with van der Waals surface area (Å²) >= 11 is 4.37. The Morgan fingerprint density at radius 3 is 2.05 bits per heavy atom. The lowest BCUT2D eigenvalue weighted by Gasteiger charge is -2.35. The fraction of sp³-hybridized carbons (Fsp3) is 0.529. The van der Waals surface area contributed by atoms with Gasteiger partial charge in [0.05, 0.1) is 0 Å². The van der Waals surface area contributed by atoms with E-state index in [9.17, 15) is 19.2 Å². The Labute approximate surface area is 266 Å². The van der Waals surface area contributed by atoms with Crippen LogP contribution in [0.1, 0.15) is 77.6 Å². The lowest BCUT2D eigenvalue weighted by molar-refractivity contribution is -0.159. The van der Waals surface area contributed by atoms with Crippen LogP contribution in [0, 0.1) is 12.8 Å². The van der Waals surface area contributed by atoms with E-state index >= 15 is 0 Å². The van der Waals surface area contributed by atoms with Crippen LogP contribution in [0.3, 0.4) is 0 Å². The minimum Gasteiger partial charge on any atom is -0.458 e. The van der Waals surface area contributed by atoms with Gasteiger partial charge in [0.25, 0.3) is 0 Å². The van der Waals surface area contributed by atoms with E-state index in [2.05, 4.69) is 23.3 Å². The van der Waals surface area contributed by atoms with Crippen molar-refractivity contribution in [1.29, 1.82) is 0 Å². The second-order valence-corrected chi connectivity index (χ2v) is 13.9. The molecule has 1 fully saturated rings. The number of carbonyl (C=O) groups is 4. The summed E-state index contributed by atoms with van der Waals surface area (Å²) in [6.45, 7) is 14.4. The van der Waals surface area contributed by atoms with E-state index in [4.69, 9.17) is 9.47 Å². The second-order valence-electron chi connectivity index (χ2n) is 13.5. The fourth-order valence-electron chi connectivity index (χ4n) is 4.93. The number of carbonyl (C=O) groups excluding carboxylic acids is 4. The van der Waals surface area contributed by atoms with Crippen molar-refractivity contribution in [3.05, 3.63) is 71.3 Å². The Morgan fingerprint density at radius 1 is 0.909 bits per heavy atom. The molecule has 3 amide bonds. The highest BCUT2D eigenvalue weighted by atomic mass is 32.1. The Bertz CT molecular complexity index is 1320. The number of benzene rings is 2. The molecule has 0 heterocycles. The van der Waals surface area contributed by atoms with Gasteiger partial charge in [-0.15, -0.1) is 0 Å². The number of ether oxygens (including phenoxy) is 2. The number of thiol groups is 1. The van der Waals surface area contributed by atoms with Crippen molar-refractivity contribution in [2.24, 2.45) is 5.92 Å². The first-order valence-corrected chi connectivity index (χ1v) is 15.7. The standard InChI is InChI=1S/C34H47N3O6S/c1-21-13-12-16-24(17-21)28(29(38)35-25(31(40)42-33(3,4)5)19-23-14-10-9-11-15-23)37(27-18-22(27)2)30(39)26(20-44)36-32(41)43-34(6,7)8/h9-17,22,25-28,44H,18-20H2,1-8H3,(H,35,38)(H,36,41). The predicted molar refractivity (Wildman–Crippen MR) is 173 cm³/mol. The molecular weight excluding hydrogens is 578 g/mol. The number of esters is 1. The molecule has 5 unspecified atom stereocenters. The van der Waals surface area contributed by atoms with E-state index in [1.165, 1.54) is 0 Å². The van der Waals surface area contributed by atoms with Gasteiger partial charge in [-0.3, -0.25) is 9.59 Å². The molecule has 44 heavy (non-hydrogen) atoms. The largest absolute Gasteiger partial charge is 0.458 e. The van der Waals surface area contributed by atoms with Crippen LogP contribution in [0.5, 0.6) is 0 Å². The Morgan fingerprint density at radius 2 is 1.52 bits per heavy atom. The van der Waals surface area contributed by atoms with Crippen LogP contribution < -0.4 is 10.6 Å². The molecule has 1 aliphatic carbocycles. The molecule has 0 radical (unpaired) electrons. The maximum Gasteiger partial charge on any atom is 0.408 e. The molecule has 0 saturated heterocycles. The second kappa shape index (κ2) is 14.5. The first-order chi connectivity index (χ1) is 20.5. The fourth-order valence-corrected chi connectivity index (χ4v) is 5.18. The molecule has 2 N–H and O–H groups in total. The smallest absolute Gasteiger partial charge is 0.408 e. The molecule has 2 aromatic rings. The molecule has 2 aromatic carbocycles. The van der Waals surface area contributed by atoms with Gasteiger partial charge in [0.2, 0.25) is 11.8 Å². The monoisotopic (exact) mass is 625 g/mol. The molecular formula is C34H47N3O6S. The summed E-state index contributed by atoms with van der Waals surface area (Å²) in [6.07, 6.45) is 0.139. The van der Waals surface area contributed by atoms with Crippen molar-refractivity contribution in [1.82, 2.24) is 15.5 Å². The normalized spacial score (nSPS) is 18.3. The van der Waals surface area contributed by atoms with Crippen molar-refractivity contribution < 1.29 is 28.7 Å². The third kappa shape index (κ3) is 10.3. The zero-order valence-electron chi connectivity index (χ0n) is 27.0. The zero-order chi connectivity index (χ0) is 32.8. The van der Waals surface area contributed by atoms with Crippen molar-refractivity contribution in [2.75, 3.05) is 5.75 Å². The molecule has 5 atom stereocenters. The van der Waals surface area contributed by atoms with Crippen LogP contribution >= 0.6 is 12.6 Å². The highest BCUT2D eigenvalue weighted by Gasteiger charge is 2.48. The van der Waals surface area contributed by atoms with Gasteiger partial charge in [0.1, 0.15) is 29.3 Å². The van der Waals surface area contributed by atoms with Crippen molar-refractivity contribution >= 4 is 36.5 Å². The van der Waals surface area contributed by atoms with Gasteiger partial charge in [0.15, 0.2) is 0 Å². The molecule has 0 aromatic heterocycles. The molecule has 1 aliphatic rings. The average Bonchev–Trinajstić information content (AvgIpc) is 3.63. The van der Waals surface area contributed by atoms with E-state index in [0.717, 1.165) is 11.1 Å². The molecule has 0 aliphatic heterocycles. The average molecular weight is 626 g/mol. The van der Waals surface area contributed by atoms with Crippen LogP contribution in [-0.2, 0) is 30.3 Å². The number of hydrogen-bond donors (Lipinski definition) is 3. The number of nitrogens with one attached hydrogen (secondary N) is 2. The van der Waals surface area contributed by atoms with Crippen molar-refractivity contribution in [2.45, 2.75) is 104 Å². The molecule has 1 saturated carbocycles. The van der Waals surface area contributed by atoms with E-state index in [1.54, 1.807) is 52.5 Å². The third-order valence-electron chi connectivity index (χ3n) is 7.03. The molecule has 0 spiro atoms. The minimum absolute atomic E-state index is 0.00757. The number of aryl methyl sites for hydroxylation is 1. The van der Waals surface area contributed by atoms with Crippen molar-refractivity contribution in [3.8, 4) is 0 Å². The lowest BCUT2D eigenvalue weighted by atomic mass is 9.99. The molecule has 9 nitrogen and oxygen atoms in total. The predicted octanol–water partition coefficient (Wildman–Crippen LogP) is 5.17. The van der Waals surface area contributed by atoms with Gasteiger partial charge in [-0.25, -0.2) is 9.59 Å². The van der Waals surface area contributed by atoms with Crippen LogP contribution in [0.25, 0.3) is 0 Å². The van der Waals surface area contributed by atoms with Gasteiger partial charge >= 0.3 is 12.1 Å². The Kier molecular flexibility index (Phi) is 11.5. The maximum atomic E-state index is 14.4. The summed E-state index contributed by atoms with van der Waals surface area (Å²) in [5.74, 6) is -1.43. The van der Waals surface area contributed by atoms with Gasteiger partial charge < -0.3 is 25.0 Å². The number of amides is 3. The summed E-state index contributed by atoms with van der Waals surface area (Å²) < 4.78 is 11.1. The van der Waals surface area contributed by atoms with Crippen LogP contribution in [-0.4, -0.2) is 63.9 Å². The van der Waals surface area contributed by atoms with E-state index in [0.29, 0.717) is 12.0 Å². The molecule has 10 heteroatoms. The highest BCUT2D eigenvalue weighted by molar-refractivity contribution is 7.80. The first-order valence-electron chi connectivity index (χ1n) is 15.1. The zero-order valence-corrected chi connectivity index (χ0v) is 27.9. The maximum absolute atomic E-state index is 14.4. The Balaban J connectivity index is 2.02.